The molecular formula is C11H10N2O3. The van der Waals surface area contributed by atoms with E-state index < -0.39 is 5.69 Å². The van der Waals surface area contributed by atoms with Crippen LogP contribution in [0.25, 0.3) is 10.9 Å². The SMILES string of the molecule is CCOC(=O)c1ccc2[nH]c(=O)ncc2c1. The molecule has 0 unspecified atom stereocenters. The van der Waals surface area contributed by atoms with E-state index in [-0.39, 0.29) is 5.97 Å². The van der Waals surface area contributed by atoms with E-state index in [0.29, 0.717) is 23.1 Å². The first kappa shape index (κ1) is 10.4. The quantitative estimate of drug-likeness (QED) is 0.766. The third-order valence-corrected chi connectivity index (χ3v) is 2.13. The van der Waals surface area contributed by atoms with Crippen LogP contribution in [-0.4, -0.2) is 22.5 Å². The van der Waals surface area contributed by atoms with Crippen LogP contribution in [0.2, 0.25) is 0 Å². The van der Waals surface area contributed by atoms with Crippen LogP contribution >= 0.6 is 0 Å². The van der Waals surface area contributed by atoms with Crippen LogP contribution in [0.4, 0.5) is 0 Å². The van der Waals surface area contributed by atoms with Crippen LogP contribution in [0.1, 0.15) is 17.3 Å². The number of H-pyrrole nitrogens is 1. The Hall–Kier alpha value is -2.17. The average molecular weight is 218 g/mol. The lowest BCUT2D eigenvalue weighted by Gasteiger charge is -2.02. The molecule has 2 rings (SSSR count). The van der Waals surface area contributed by atoms with Crippen LogP contribution in [0, 0.1) is 0 Å². The molecule has 16 heavy (non-hydrogen) atoms. The summed E-state index contributed by atoms with van der Waals surface area (Å²) in [7, 11) is 0. The Morgan fingerprint density at radius 1 is 1.50 bits per heavy atom. The first-order chi connectivity index (χ1) is 7.70. The van der Waals surface area contributed by atoms with Gasteiger partial charge in [-0.05, 0) is 25.1 Å². The van der Waals surface area contributed by atoms with Gasteiger partial charge in [0.15, 0.2) is 0 Å². The van der Waals surface area contributed by atoms with Gasteiger partial charge in [-0.15, -0.1) is 0 Å². The highest BCUT2D eigenvalue weighted by Gasteiger charge is 2.06. The van der Waals surface area contributed by atoms with E-state index in [4.69, 9.17) is 4.74 Å². The molecule has 0 saturated carbocycles. The van der Waals surface area contributed by atoms with Crippen molar-refractivity contribution in [2.24, 2.45) is 0 Å². The van der Waals surface area contributed by atoms with Crippen molar-refractivity contribution in [3.63, 3.8) is 0 Å². The summed E-state index contributed by atoms with van der Waals surface area (Å²) < 4.78 is 4.87. The Balaban J connectivity index is 2.48. The maximum Gasteiger partial charge on any atom is 0.345 e. The summed E-state index contributed by atoms with van der Waals surface area (Å²) in [6.07, 6.45) is 1.43. The molecule has 0 aliphatic rings. The number of rotatable bonds is 2. The summed E-state index contributed by atoms with van der Waals surface area (Å²) in [4.78, 5) is 28.5. The molecule has 1 aromatic carbocycles. The van der Waals surface area contributed by atoms with Gasteiger partial charge in [0.1, 0.15) is 0 Å². The summed E-state index contributed by atoms with van der Waals surface area (Å²) >= 11 is 0. The summed E-state index contributed by atoms with van der Waals surface area (Å²) in [5.41, 5.74) is 0.688. The molecule has 0 fully saturated rings. The first-order valence-electron chi connectivity index (χ1n) is 4.87. The van der Waals surface area contributed by atoms with Crippen LogP contribution in [-0.2, 0) is 4.74 Å². The zero-order valence-electron chi connectivity index (χ0n) is 8.69. The monoisotopic (exact) mass is 218 g/mol. The van der Waals surface area contributed by atoms with Crippen LogP contribution in [0.15, 0.2) is 29.2 Å². The molecule has 0 aliphatic carbocycles. The van der Waals surface area contributed by atoms with E-state index in [1.807, 2.05) is 0 Å². The molecule has 0 saturated heterocycles. The number of carbonyl (C=O) groups excluding carboxylic acids is 1. The minimum atomic E-state index is -0.406. The van der Waals surface area contributed by atoms with Crippen molar-refractivity contribution in [1.82, 2.24) is 9.97 Å². The second kappa shape index (κ2) is 4.14. The largest absolute Gasteiger partial charge is 0.462 e. The molecule has 82 valence electrons. The number of aromatic nitrogens is 2. The number of esters is 1. The van der Waals surface area contributed by atoms with Crippen molar-refractivity contribution in [2.45, 2.75) is 6.92 Å². The van der Waals surface area contributed by atoms with Crippen molar-refractivity contribution in [2.75, 3.05) is 6.61 Å². The van der Waals surface area contributed by atoms with E-state index >= 15 is 0 Å². The fraction of sp³-hybridized carbons (Fsp3) is 0.182. The van der Waals surface area contributed by atoms with Crippen molar-refractivity contribution >= 4 is 16.9 Å². The lowest BCUT2D eigenvalue weighted by Crippen LogP contribution is -2.09. The van der Waals surface area contributed by atoms with Gasteiger partial charge in [-0.1, -0.05) is 0 Å². The summed E-state index contributed by atoms with van der Waals surface area (Å²) in [5.74, 6) is -0.379. The molecule has 0 atom stereocenters. The topological polar surface area (TPSA) is 72.1 Å². The van der Waals surface area contributed by atoms with Crippen molar-refractivity contribution in [1.29, 1.82) is 0 Å². The summed E-state index contributed by atoms with van der Waals surface area (Å²) in [5, 5.41) is 0.699. The van der Waals surface area contributed by atoms with Crippen molar-refractivity contribution in [3.8, 4) is 0 Å². The van der Waals surface area contributed by atoms with Gasteiger partial charge in [-0.25, -0.2) is 14.6 Å². The fourth-order valence-corrected chi connectivity index (χ4v) is 1.40. The molecular weight excluding hydrogens is 208 g/mol. The fourth-order valence-electron chi connectivity index (χ4n) is 1.40. The number of aromatic amines is 1. The third-order valence-electron chi connectivity index (χ3n) is 2.13. The maximum atomic E-state index is 11.4. The normalized spacial score (nSPS) is 10.3. The molecule has 1 heterocycles. The predicted molar refractivity (Wildman–Crippen MR) is 58.3 cm³/mol. The summed E-state index contributed by atoms with van der Waals surface area (Å²) in [6, 6.07) is 4.90. The highest BCUT2D eigenvalue weighted by atomic mass is 16.5. The molecule has 1 aromatic heterocycles. The second-order valence-electron chi connectivity index (χ2n) is 3.21. The number of hydrogen-bond acceptors (Lipinski definition) is 4. The van der Waals surface area contributed by atoms with Gasteiger partial charge in [0.05, 0.1) is 17.7 Å². The minimum absolute atomic E-state index is 0.334. The number of benzene rings is 1. The molecule has 0 amide bonds. The molecule has 1 N–H and O–H groups in total. The zero-order chi connectivity index (χ0) is 11.5. The molecule has 0 radical (unpaired) electrons. The summed E-state index contributed by atoms with van der Waals surface area (Å²) in [6.45, 7) is 2.08. The van der Waals surface area contributed by atoms with E-state index in [9.17, 15) is 9.59 Å². The number of hydrogen-bond donors (Lipinski definition) is 1. The molecule has 0 spiro atoms. The number of nitrogens with zero attached hydrogens (tertiary/aromatic N) is 1. The van der Waals surface area contributed by atoms with Gasteiger partial charge < -0.3 is 9.72 Å². The van der Waals surface area contributed by atoms with E-state index in [1.165, 1.54) is 6.20 Å². The Morgan fingerprint density at radius 3 is 3.06 bits per heavy atom. The highest BCUT2D eigenvalue weighted by molar-refractivity contribution is 5.94. The standard InChI is InChI=1S/C11H10N2O3/c1-2-16-10(14)7-3-4-9-8(5-7)6-12-11(15)13-9/h3-6H,2H2,1H3,(H,12,13,15). The van der Waals surface area contributed by atoms with Crippen molar-refractivity contribution < 1.29 is 9.53 Å². The predicted octanol–water partition coefficient (Wildman–Crippen LogP) is 1.10. The van der Waals surface area contributed by atoms with E-state index in [2.05, 4.69) is 9.97 Å². The van der Waals surface area contributed by atoms with Crippen molar-refractivity contribution in [3.05, 3.63) is 40.4 Å². The second-order valence-corrected chi connectivity index (χ2v) is 3.21. The van der Waals surface area contributed by atoms with Gasteiger partial charge in [0.25, 0.3) is 0 Å². The maximum absolute atomic E-state index is 11.4. The highest BCUT2D eigenvalue weighted by Crippen LogP contribution is 2.12. The van der Waals surface area contributed by atoms with Gasteiger partial charge in [-0.3, -0.25) is 0 Å². The number of nitrogens with one attached hydrogen (secondary N) is 1. The first-order valence-corrected chi connectivity index (χ1v) is 4.87. The minimum Gasteiger partial charge on any atom is -0.462 e. The molecule has 5 heteroatoms. The zero-order valence-corrected chi connectivity index (χ0v) is 8.69. The number of ether oxygens (including phenoxy) is 1. The molecule has 5 nitrogen and oxygen atoms in total. The Morgan fingerprint density at radius 2 is 2.31 bits per heavy atom. The number of fused-ring (bicyclic) bond motifs is 1. The van der Waals surface area contributed by atoms with Gasteiger partial charge in [0, 0.05) is 11.6 Å². The van der Waals surface area contributed by atoms with Crippen LogP contribution in [0.3, 0.4) is 0 Å². The van der Waals surface area contributed by atoms with E-state index in [1.54, 1.807) is 25.1 Å². The third kappa shape index (κ3) is 1.93. The molecule has 2 aromatic rings. The Kier molecular flexibility index (Phi) is 2.68. The van der Waals surface area contributed by atoms with Crippen LogP contribution in [0.5, 0.6) is 0 Å². The Labute approximate surface area is 91.1 Å². The molecule has 0 bridgehead atoms. The number of carbonyl (C=O) groups is 1. The Bertz CT molecular complexity index is 589. The smallest absolute Gasteiger partial charge is 0.345 e. The van der Waals surface area contributed by atoms with Crippen LogP contribution < -0.4 is 5.69 Å². The lowest BCUT2D eigenvalue weighted by molar-refractivity contribution is 0.0526. The van der Waals surface area contributed by atoms with E-state index in [0.717, 1.165) is 0 Å². The average Bonchev–Trinajstić information content (AvgIpc) is 2.28. The van der Waals surface area contributed by atoms with Gasteiger partial charge >= 0.3 is 11.7 Å². The lowest BCUT2D eigenvalue weighted by atomic mass is 10.1. The van der Waals surface area contributed by atoms with Gasteiger partial charge in [-0.2, -0.15) is 0 Å². The van der Waals surface area contributed by atoms with Gasteiger partial charge in [0.2, 0.25) is 0 Å². The molecule has 0 aliphatic heterocycles.